The van der Waals surface area contributed by atoms with Gasteiger partial charge < -0.3 is 14.9 Å². The van der Waals surface area contributed by atoms with Gasteiger partial charge in [0.25, 0.3) is 0 Å². The largest absolute Gasteiger partial charge is 0.465 e. The lowest BCUT2D eigenvalue weighted by Crippen LogP contribution is -2.65. The Labute approximate surface area is 170 Å². The van der Waals surface area contributed by atoms with E-state index in [1.165, 1.54) is 0 Å². The molecular weight excluding hydrogens is 352 g/mol. The normalized spacial score (nSPS) is 50.9. The number of carbonyl (C=O) groups is 1. The van der Waals surface area contributed by atoms with Gasteiger partial charge in [0.05, 0.1) is 24.2 Å². The molecule has 160 valence electrons. The molecule has 4 aliphatic rings. The number of unbranched alkanes of at least 4 members (excludes halogenated alkanes) is 2. The quantitative estimate of drug-likeness (QED) is 0.547. The van der Waals surface area contributed by atoms with Crippen LogP contribution < -0.4 is 0 Å². The Morgan fingerprint density at radius 1 is 1.07 bits per heavy atom. The van der Waals surface area contributed by atoms with Crippen LogP contribution in [0, 0.1) is 34.5 Å². The van der Waals surface area contributed by atoms with Crippen molar-refractivity contribution in [2.75, 3.05) is 6.61 Å². The minimum Gasteiger partial charge on any atom is -0.465 e. The lowest BCUT2D eigenvalue weighted by molar-refractivity contribution is -0.234. The first-order valence-corrected chi connectivity index (χ1v) is 11.8. The van der Waals surface area contributed by atoms with Crippen LogP contribution in [0.4, 0.5) is 0 Å². The molecule has 0 aromatic rings. The zero-order valence-corrected chi connectivity index (χ0v) is 18.1. The van der Waals surface area contributed by atoms with Crippen LogP contribution in [0.25, 0.3) is 0 Å². The monoisotopic (exact) mass is 392 g/mol. The van der Waals surface area contributed by atoms with E-state index >= 15 is 0 Å². The van der Waals surface area contributed by atoms with Gasteiger partial charge in [-0.05, 0) is 80.0 Å². The first kappa shape index (κ1) is 20.7. The van der Waals surface area contributed by atoms with Gasteiger partial charge in [0, 0.05) is 0 Å². The maximum absolute atomic E-state index is 12.9. The van der Waals surface area contributed by atoms with Crippen molar-refractivity contribution < 1.29 is 19.7 Å². The third-order valence-corrected chi connectivity index (χ3v) is 9.44. The van der Waals surface area contributed by atoms with Gasteiger partial charge in [-0.2, -0.15) is 0 Å². The zero-order chi connectivity index (χ0) is 20.2. The maximum atomic E-state index is 12.9. The molecule has 0 spiro atoms. The number of esters is 1. The highest BCUT2D eigenvalue weighted by Gasteiger charge is 2.66. The average molecular weight is 393 g/mol. The summed E-state index contributed by atoms with van der Waals surface area (Å²) >= 11 is 0. The number of ether oxygens (including phenoxy) is 1. The molecule has 4 heteroatoms. The number of hydrogen-bond acceptors (Lipinski definition) is 4. The van der Waals surface area contributed by atoms with Crippen LogP contribution in [0.5, 0.6) is 0 Å². The molecule has 4 rings (SSSR count). The first-order chi connectivity index (χ1) is 13.2. The van der Waals surface area contributed by atoms with Crippen molar-refractivity contribution in [3.8, 4) is 0 Å². The second kappa shape index (κ2) is 7.27. The van der Waals surface area contributed by atoms with Gasteiger partial charge in [-0.1, -0.05) is 40.0 Å². The molecule has 8 atom stereocenters. The molecule has 4 fully saturated rings. The molecular formula is C24H40O4. The third-order valence-electron chi connectivity index (χ3n) is 9.44. The lowest BCUT2D eigenvalue weighted by Gasteiger charge is -2.65. The Morgan fingerprint density at radius 2 is 1.86 bits per heavy atom. The fraction of sp³-hybridized carbons (Fsp3) is 0.958. The Hall–Kier alpha value is -0.610. The molecule has 1 heterocycles. The van der Waals surface area contributed by atoms with Crippen molar-refractivity contribution in [2.45, 2.75) is 103 Å². The summed E-state index contributed by atoms with van der Waals surface area (Å²) < 4.78 is 5.50. The molecule has 1 saturated heterocycles. The molecule has 2 N–H and O–H groups in total. The predicted octanol–water partition coefficient (Wildman–Crippen LogP) is 4.46. The van der Waals surface area contributed by atoms with Crippen molar-refractivity contribution in [3.05, 3.63) is 0 Å². The van der Waals surface area contributed by atoms with Crippen LogP contribution in [0.3, 0.4) is 0 Å². The highest BCUT2D eigenvalue weighted by atomic mass is 16.5. The van der Waals surface area contributed by atoms with Crippen molar-refractivity contribution in [2.24, 2.45) is 34.5 Å². The molecule has 4 nitrogen and oxygen atoms in total. The van der Waals surface area contributed by atoms with Crippen molar-refractivity contribution >= 4 is 5.97 Å². The summed E-state index contributed by atoms with van der Waals surface area (Å²) in [5, 5.41) is 22.3. The number of aliphatic hydroxyl groups is 2. The summed E-state index contributed by atoms with van der Waals surface area (Å²) in [6.07, 6.45) is 10.5. The Morgan fingerprint density at radius 3 is 2.61 bits per heavy atom. The van der Waals surface area contributed by atoms with Crippen LogP contribution in [-0.4, -0.2) is 34.5 Å². The van der Waals surface area contributed by atoms with Gasteiger partial charge in [-0.3, -0.25) is 4.79 Å². The number of fused-ring (bicyclic) bond motifs is 5. The molecule has 1 aliphatic heterocycles. The van der Waals surface area contributed by atoms with Crippen LogP contribution in [0.2, 0.25) is 0 Å². The molecule has 3 saturated carbocycles. The van der Waals surface area contributed by atoms with E-state index in [0.29, 0.717) is 30.8 Å². The third kappa shape index (κ3) is 3.14. The van der Waals surface area contributed by atoms with Gasteiger partial charge in [0.2, 0.25) is 0 Å². The molecule has 3 aliphatic carbocycles. The van der Waals surface area contributed by atoms with Gasteiger partial charge in [-0.15, -0.1) is 0 Å². The summed E-state index contributed by atoms with van der Waals surface area (Å²) in [5.74, 6) is 0.988. The molecule has 0 unspecified atom stereocenters. The Balaban J connectivity index is 1.69. The summed E-state index contributed by atoms with van der Waals surface area (Å²) in [5.41, 5.74) is -0.908. The van der Waals surface area contributed by atoms with E-state index in [2.05, 4.69) is 20.8 Å². The summed E-state index contributed by atoms with van der Waals surface area (Å²) in [7, 11) is 0. The first-order valence-electron chi connectivity index (χ1n) is 11.8. The second-order valence-corrected chi connectivity index (χ2v) is 11.1. The van der Waals surface area contributed by atoms with E-state index in [1.807, 2.05) is 0 Å². The van der Waals surface area contributed by atoms with Crippen molar-refractivity contribution in [3.63, 3.8) is 0 Å². The van der Waals surface area contributed by atoms with E-state index in [0.717, 1.165) is 64.2 Å². The lowest BCUT2D eigenvalue weighted by atomic mass is 9.41. The van der Waals surface area contributed by atoms with Crippen LogP contribution in [0.15, 0.2) is 0 Å². The van der Waals surface area contributed by atoms with E-state index in [-0.39, 0.29) is 28.8 Å². The number of aliphatic hydroxyl groups excluding tert-OH is 1. The zero-order valence-electron chi connectivity index (χ0n) is 18.1. The van der Waals surface area contributed by atoms with Crippen molar-refractivity contribution in [1.29, 1.82) is 0 Å². The SMILES string of the molecule is CCCCC[C@@]1(O)C[C@H]2[C@@H]3CC[C@H](O)C[C@@]3(C)CC[C@@H]2[C@@]2(C)CCOC(=O)[C@H]12. The Kier molecular flexibility index (Phi) is 5.36. The average Bonchev–Trinajstić information content (AvgIpc) is 2.60. The fourth-order valence-corrected chi connectivity index (χ4v) is 8.17. The van der Waals surface area contributed by atoms with Gasteiger partial charge >= 0.3 is 5.97 Å². The molecule has 0 amide bonds. The predicted molar refractivity (Wildman–Crippen MR) is 109 cm³/mol. The molecule has 0 radical (unpaired) electrons. The fourth-order valence-electron chi connectivity index (χ4n) is 8.17. The minimum absolute atomic E-state index is 0.154. The molecule has 0 aromatic carbocycles. The number of rotatable bonds is 4. The van der Waals surface area contributed by atoms with Gasteiger partial charge in [-0.25, -0.2) is 0 Å². The highest BCUT2D eigenvalue weighted by molar-refractivity contribution is 5.76. The van der Waals surface area contributed by atoms with E-state index in [9.17, 15) is 15.0 Å². The minimum atomic E-state index is -0.934. The molecule has 28 heavy (non-hydrogen) atoms. The van der Waals surface area contributed by atoms with Gasteiger partial charge in [0.1, 0.15) is 0 Å². The second-order valence-electron chi connectivity index (χ2n) is 11.1. The number of hydrogen-bond donors (Lipinski definition) is 2. The molecule has 0 aromatic heterocycles. The van der Waals surface area contributed by atoms with Crippen molar-refractivity contribution in [1.82, 2.24) is 0 Å². The standard InChI is InChI=1S/C24H40O4/c1-4-5-6-10-24(27)15-17-18-8-7-16(25)14-22(18,2)11-9-19(17)23(3)12-13-28-21(26)20(23)24/h16-20,25,27H,4-15H2,1-3H3/t16-,17-,18-,19-,20-,22+,23+,24+/m0/s1. The van der Waals surface area contributed by atoms with E-state index < -0.39 is 5.60 Å². The molecule has 0 bridgehead atoms. The van der Waals surface area contributed by atoms with Crippen LogP contribution in [0.1, 0.15) is 91.4 Å². The van der Waals surface area contributed by atoms with Crippen LogP contribution in [-0.2, 0) is 9.53 Å². The van der Waals surface area contributed by atoms with Crippen LogP contribution >= 0.6 is 0 Å². The summed E-state index contributed by atoms with van der Waals surface area (Å²) in [4.78, 5) is 12.9. The number of carbonyl (C=O) groups excluding carboxylic acids is 1. The summed E-state index contributed by atoms with van der Waals surface area (Å²) in [6, 6.07) is 0. The Bertz CT molecular complexity index is 605. The topological polar surface area (TPSA) is 66.8 Å². The van der Waals surface area contributed by atoms with E-state index in [4.69, 9.17) is 4.74 Å². The maximum Gasteiger partial charge on any atom is 0.312 e. The smallest absolute Gasteiger partial charge is 0.312 e. The highest BCUT2D eigenvalue weighted by Crippen LogP contribution is 2.66. The van der Waals surface area contributed by atoms with Gasteiger partial charge in [0.15, 0.2) is 0 Å². The summed E-state index contributed by atoms with van der Waals surface area (Å²) in [6.45, 7) is 7.33. The number of cyclic esters (lactones) is 1. The van der Waals surface area contributed by atoms with E-state index in [1.54, 1.807) is 0 Å².